The molecule has 364 valence electrons. The van der Waals surface area contributed by atoms with Crippen molar-refractivity contribution in [2.45, 2.75) is 69.2 Å². The molecule has 0 saturated carbocycles. The van der Waals surface area contributed by atoms with E-state index >= 15 is 0 Å². The molecular weight excluding hydrogens is 899 g/mol. The van der Waals surface area contributed by atoms with Gasteiger partial charge >= 0.3 is 240 Å². The van der Waals surface area contributed by atoms with Crippen molar-refractivity contribution in [2.24, 2.45) is 0 Å². The number of aryl methyl sites for hydroxylation is 2. The molecular formula is C60H69ClO7P-. The van der Waals surface area contributed by atoms with E-state index < -0.39 is 17.9 Å². The Morgan fingerprint density at radius 1 is 0.551 bits per heavy atom. The molecule has 7 nitrogen and oxygen atoms in total. The molecule has 0 aliphatic heterocycles. The number of hydrogen-bond donors (Lipinski definition) is 2. The van der Waals surface area contributed by atoms with Crippen LogP contribution in [0, 0.1) is 41.5 Å². The molecule has 0 aromatic heterocycles. The minimum absolute atomic E-state index is 0.220. The van der Waals surface area contributed by atoms with Crippen molar-refractivity contribution in [3.8, 4) is 11.5 Å². The molecule has 5 aromatic carbocycles. The molecule has 0 amide bonds. The first kappa shape index (κ1) is 56.5. The second kappa shape index (κ2) is 26.7. The number of aliphatic carboxylic acids is 2. The zero-order chi connectivity index (χ0) is 51.3. The summed E-state index contributed by atoms with van der Waals surface area (Å²) in [6, 6.07) is 36.2. The van der Waals surface area contributed by atoms with Gasteiger partial charge in [0.25, 0.3) is 0 Å². The molecule has 0 spiro atoms. The number of allylic oxidation sites excluding steroid dienone is 10. The van der Waals surface area contributed by atoms with Gasteiger partial charge in [-0.15, -0.1) is 0 Å². The molecule has 0 bridgehead atoms. The number of halogens is 1. The Bertz CT molecular complexity index is 2700. The van der Waals surface area contributed by atoms with Gasteiger partial charge in [0.2, 0.25) is 0 Å². The fourth-order valence-electron chi connectivity index (χ4n) is 8.01. The van der Waals surface area contributed by atoms with Crippen LogP contribution in [0.1, 0.15) is 72.2 Å². The summed E-state index contributed by atoms with van der Waals surface area (Å²) in [5.74, 6) is -3.82. The SMILES string of the molecule is C/C(C=O)=C\C(=O)O.COc1cc(C)c(/C=C/C(C)=C/C=C/C(C)=C/C(=O)O)c(C)c1C.COc1cc(C)c(/C=C/C(C)=C/C[PH-](Cl)(c2ccccc2)(c2ccccc2)c2ccccc2)c(C)c1C. The average Bonchev–Trinajstić information content (AvgIpc) is 3.33. The molecule has 5 aromatic rings. The topological polar surface area (TPSA) is 110 Å². The van der Waals surface area contributed by atoms with Gasteiger partial charge in [0.15, 0.2) is 0 Å². The van der Waals surface area contributed by atoms with Crippen molar-refractivity contribution >= 4 is 63.5 Å². The summed E-state index contributed by atoms with van der Waals surface area (Å²) in [5.41, 5.74) is 12.8. The van der Waals surface area contributed by atoms with E-state index in [1.54, 1.807) is 27.2 Å². The van der Waals surface area contributed by atoms with E-state index in [0.717, 1.165) is 34.9 Å². The van der Waals surface area contributed by atoms with Crippen molar-refractivity contribution in [1.82, 2.24) is 0 Å². The molecule has 2 N–H and O–H groups in total. The van der Waals surface area contributed by atoms with Crippen molar-refractivity contribution in [2.75, 3.05) is 20.4 Å². The van der Waals surface area contributed by atoms with Crippen LogP contribution in [0.25, 0.3) is 12.2 Å². The van der Waals surface area contributed by atoms with Crippen LogP contribution in [-0.4, -0.2) is 48.8 Å². The van der Waals surface area contributed by atoms with Gasteiger partial charge in [-0.2, -0.15) is 0 Å². The van der Waals surface area contributed by atoms with Crippen molar-refractivity contribution in [3.63, 3.8) is 0 Å². The second-order valence-electron chi connectivity index (χ2n) is 17.2. The van der Waals surface area contributed by atoms with Crippen LogP contribution in [0.15, 0.2) is 174 Å². The van der Waals surface area contributed by atoms with E-state index in [1.165, 1.54) is 73.4 Å². The Hall–Kier alpha value is -6.79. The monoisotopic (exact) mass is 967 g/mol. The van der Waals surface area contributed by atoms with E-state index in [9.17, 15) is 14.4 Å². The zero-order valence-corrected chi connectivity index (χ0v) is 43.9. The fraction of sp³-hybridized carbons (Fsp3) is 0.217. The van der Waals surface area contributed by atoms with E-state index in [4.69, 9.17) is 30.9 Å². The van der Waals surface area contributed by atoms with Crippen LogP contribution in [0.5, 0.6) is 11.5 Å². The van der Waals surface area contributed by atoms with Gasteiger partial charge in [-0.3, -0.25) is 4.79 Å². The van der Waals surface area contributed by atoms with Gasteiger partial charge in [-0.25, -0.2) is 9.59 Å². The Morgan fingerprint density at radius 3 is 1.28 bits per heavy atom. The Kier molecular flexibility index (Phi) is 21.9. The summed E-state index contributed by atoms with van der Waals surface area (Å²) in [4.78, 5) is 30.0. The molecule has 69 heavy (non-hydrogen) atoms. The minimum atomic E-state index is -3.65. The first-order valence-corrected chi connectivity index (χ1v) is 26.4. The first-order chi connectivity index (χ1) is 32.7. The Labute approximate surface area is 415 Å². The third-order valence-electron chi connectivity index (χ3n) is 12.2. The number of benzene rings is 5. The standard InChI is InChI=1S/C34H37ClOP.C21H26O3.C5H6O3/c1-26(21-22-33-27(2)25-34(36-5)29(4)28(33)3)23-24-37(35,30-15-9-6-10-16-30,31-17-11-7-12-18-31)32-19-13-8-14-20-32;1-14(8-7-9-15(2)12-21(22)23)10-11-19-16(3)13-20(24-6)18(5)17(19)4;1-4(3-6)2-5(7)8/h6-23,25,37H,24H2,1-5H3;7-13H,1-6H3,(H,22,23);2-3H,1H3,(H,7,8)/q-1;;/b22-21+,26-23+;9-7+,11-10+,14-8+,15-12+;4-2+. The first-order valence-electron chi connectivity index (χ1n) is 22.7. The summed E-state index contributed by atoms with van der Waals surface area (Å²) in [7, 11) is 3.42. The predicted octanol–water partition coefficient (Wildman–Crippen LogP) is 13.4. The molecule has 0 fully saturated rings. The maximum atomic E-state index is 10.6. The van der Waals surface area contributed by atoms with Crippen molar-refractivity contribution in [1.29, 1.82) is 0 Å². The summed E-state index contributed by atoms with van der Waals surface area (Å²) in [6.07, 6.45) is 19.8. The number of methoxy groups -OCH3 is 2. The summed E-state index contributed by atoms with van der Waals surface area (Å²) in [5, 5.41) is 20.3. The van der Waals surface area contributed by atoms with Crippen LogP contribution < -0.4 is 25.4 Å². The maximum absolute atomic E-state index is 10.6. The Morgan fingerprint density at radius 2 is 0.928 bits per heavy atom. The molecule has 0 aliphatic carbocycles. The predicted molar refractivity (Wildman–Crippen MR) is 295 cm³/mol. The molecule has 0 aliphatic rings. The fourth-order valence-corrected chi connectivity index (χ4v) is 14.4. The van der Waals surface area contributed by atoms with Crippen LogP contribution in [0.4, 0.5) is 0 Å². The second-order valence-corrected chi connectivity index (χ2v) is 24.5. The number of ether oxygens (including phenoxy) is 2. The average molecular weight is 969 g/mol. The zero-order valence-electron chi connectivity index (χ0n) is 42.2. The summed E-state index contributed by atoms with van der Waals surface area (Å²) < 4.78 is 11.0. The molecule has 0 atom stereocenters. The molecule has 5 rings (SSSR count). The van der Waals surface area contributed by atoms with Gasteiger partial charge in [0.05, 0.1) is 7.11 Å². The van der Waals surface area contributed by atoms with Gasteiger partial charge in [-0.1, -0.05) is 36.0 Å². The van der Waals surface area contributed by atoms with Gasteiger partial charge in [0.1, 0.15) is 12.0 Å². The number of rotatable bonds is 16. The van der Waals surface area contributed by atoms with Crippen LogP contribution in [0.2, 0.25) is 0 Å². The normalized spacial score (nSPS) is 13.0. The number of carbonyl (C=O) groups is 3. The molecule has 0 unspecified atom stereocenters. The molecule has 9 heteroatoms. The van der Waals surface area contributed by atoms with Crippen molar-refractivity contribution in [3.05, 3.63) is 219 Å². The van der Waals surface area contributed by atoms with Gasteiger partial charge < -0.3 is 14.9 Å². The third kappa shape index (κ3) is 15.4. The Balaban J connectivity index is 0.000000337. The number of carbonyl (C=O) groups excluding carboxylic acids is 1. The molecule has 0 radical (unpaired) electrons. The number of hydrogen-bond acceptors (Lipinski definition) is 5. The number of carboxylic acids is 2. The molecule has 0 saturated heterocycles. The van der Waals surface area contributed by atoms with Crippen LogP contribution in [-0.2, 0) is 14.4 Å². The number of aldehydes is 1. The van der Waals surface area contributed by atoms with Crippen LogP contribution >= 0.6 is 17.2 Å². The van der Waals surface area contributed by atoms with E-state index in [1.807, 2.05) is 19.1 Å². The van der Waals surface area contributed by atoms with Gasteiger partial charge in [0, 0.05) is 12.2 Å². The van der Waals surface area contributed by atoms with E-state index in [2.05, 4.69) is 182 Å². The molecule has 0 heterocycles. The summed E-state index contributed by atoms with van der Waals surface area (Å²) in [6.45, 7) is 20.0. The van der Waals surface area contributed by atoms with E-state index in [-0.39, 0.29) is 5.57 Å². The quantitative estimate of drug-likeness (QED) is 0.0439. The van der Waals surface area contributed by atoms with Crippen LogP contribution in [0.3, 0.4) is 0 Å². The van der Waals surface area contributed by atoms with Crippen molar-refractivity contribution < 1.29 is 34.1 Å². The summed E-state index contributed by atoms with van der Waals surface area (Å²) >= 11 is 8.21. The van der Waals surface area contributed by atoms with E-state index in [0.29, 0.717) is 11.9 Å². The number of carboxylic acid groups (broad SMARTS) is 2. The van der Waals surface area contributed by atoms with Gasteiger partial charge in [-0.05, 0) is 81.0 Å². The third-order valence-corrected chi connectivity index (χ3v) is 20.2.